The number of rotatable bonds is 6. The standard InChI is InChI=1S/C15H21N3/c1-2-18-12-11-17-15(18)10-6-9-14(16)13-7-4-3-5-8-13/h3-5,7-8,11-12,14H,2,6,9-10,16H2,1H3. The summed E-state index contributed by atoms with van der Waals surface area (Å²) in [6.45, 7) is 3.13. The Morgan fingerprint density at radius 1 is 1.28 bits per heavy atom. The van der Waals surface area contributed by atoms with Gasteiger partial charge in [0.2, 0.25) is 0 Å². The van der Waals surface area contributed by atoms with Crippen LogP contribution in [0.4, 0.5) is 0 Å². The van der Waals surface area contributed by atoms with Crippen molar-refractivity contribution in [3.63, 3.8) is 0 Å². The molecule has 1 unspecified atom stereocenters. The minimum Gasteiger partial charge on any atom is -0.335 e. The van der Waals surface area contributed by atoms with Gasteiger partial charge in [-0.2, -0.15) is 0 Å². The molecule has 96 valence electrons. The Bertz CT molecular complexity index is 462. The number of benzene rings is 1. The molecule has 0 spiro atoms. The zero-order valence-corrected chi connectivity index (χ0v) is 10.9. The number of imidazole rings is 1. The lowest BCUT2D eigenvalue weighted by molar-refractivity contribution is 0.585. The van der Waals surface area contributed by atoms with Gasteiger partial charge in [0.05, 0.1) is 0 Å². The molecule has 1 heterocycles. The zero-order chi connectivity index (χ0) is 12.8. The van der Waals surface area contributed by atoms with Crippen LogP contribution in [0.3, 0.4) is 0 Å². The highest BCUT2D eigenvalue weighted by Crippen LogP contribution is 2.16. The van der Waals surface area contributed by atoms with Crippen LogP contribution in [0, 0.1) is 0 Å². The van der Waals surface area contributed by atoms with E-state index in [1.165, 1.54) is 5.56 Å². The SMILES string of the molecule is CCn1ccnc1CCCC(N)c1ccccc1. The minimum absolute atomic E-state index is 0.135. The maximum absolute atomic E-state index is 6.18. The van der Waals surface area contributed by atoms with Crippen LogP contribution in [0.15, 0.2) is 42.7 Å². The van der Waals surface area contributed by atoms with Crippen LogP contribution in [-0.4, -0.2) is 9.55 Å². The van der Waals surface area contributed by atoms with Crippen LogP contribution in [0.25, 0.3) is 0 Å². The van der Waals surface area contributed by atoms with Gasteiger partial charge in [-0.1, -0.05) is 30.3 Å². The summed E-state index contributed by atoms with van der Waals surface area (Å²) in [6, 6.07) is 10.4. The molecule has 0 radical (unpaired) electrons. The molecule has 18 heavy (non-hydrogen) atoms. The van der Waals surface area contributed by atoms with Crippen molar-refractivity contribution in [1.82, 2.24) is 9.55 Å². The van der Waals surface area contributed by atoms with Gasteiger partial charge in [-0.3, -0.25) is 0 Å². The van der Waals surface area contributed by atoms with Crippen LogP contribution in [-0.2, 0) is 13.0 Å². The number of nitrogens with two attached hydrogens (primary N) is 1. The predicted octanol–water partition coefficient (Wildman–Crippen LogP) is 2.93. The Kier molecular flexibility index (Phi) is 4.53. The predicted molar refractivity (Wildman–Crippen MR) is 74.2 cm³/mol. The van der Waals surface area contributed by atoms with Crippen LogP contribution in [0.2, 0.25) is 0 Å². The Morgan fingerprint density at radius 3 is 2.78 bits per heavy atom. The fourth-order valence-corrected chi connectivity index (χ4v) is 2.20. The summed E-state index contributed by atoms with van der Waals surface area (Å²) in [5, 5.41) is 0. The van der Waals surface area contributed by atoms with E-state index in [4.69, 9.17) is 5.73 Å². The highest BCUT2D eigenvalue weighted by atomic mass is 15.0. The summed E-state index contributed by atoms with van der Waals surface area (Å²) in [7, 11) is 0. The van der Waals surface area contributed by atoms with Gasteiger partial charge in [0.15, 0.2) is 0 Å². The second-order valence-corrected chi connectivity index (χ2v) is 4.54. The van der Waals surface area contributed by atoms with Crippen LogP contribution in [0.1, 0.15) is 37.2 Å². The quantitative estimate of drug-likeness (QED) is 0.847. The average molecular weight is 243 g/mol. The maximum atomic E-state index is 6.18. The summed E-state index contributed by atoms with van der Waals surface area (Å²) < 4.78 is 2.19. The van der Waals surface area contributed by atoms with E-state index in [2.05, 4.69) is 28.6 Å². The Balaban J connectivity index is 1.82. The molecule has 1 aromatic carbocycles. The molecule has 1 atom stereocenters. The van der Waals surface area contributed by atoms with Crippen LogP contribution >= 0.6 is 0 Å². The zero-order valence-electron chi connectivity index (χ0n) is 10.9. The molecule has 3 heteroatoms. The van der Waals surface area contributed by atoms with E-state index in [0.29, 0.717) is 0 Å². The first-order valence-electron chi connectivity index (χ1n) is 6.61. The van der Waals surface area contributed by atoms with Gasteiger partial charge < -0.3 is 10.3 Å². The van der Waals surface area contributed by atoms with E-state index in [1.807, 2.05) is 30.6 Å². The van der Waals surface area contributed by atoms with E-state index in [0.717, 1.165) is 31.6 Å². The van der Waals surface area contributed by atoms with Crippen LogP contribution in [0.5, 0.6) is 0 Å². The molecule has 0 saturated carbocycles. The van der Waals surface area contributed by atoms with Gasteiger partial charge in [-0.25, -0.2) is 4.98 Å². The molecular formula is C15H21N3. The molecule has 0 aliphatic carbocycles. The number of nitrogens with zero attached hydrogens (tertiary/aromatic N) is 2. The fraction of sp³-hybridized carbons (Fsp3) is 0.400. The van der Waals surface area contributed by atoms with Crippen molar-refractivity contribution < 1.29 is 0 Å². The van der Waals surface area contributed by atoms with Gasteiger partial charge >= 0.3 is 0 Å². The second-order valence-electron chi connectivity index (χ2n) is 4.54. The normalized spacial score (nSPS) is 12.6. The van der Waals surface area contributed by atoms with Gasteiger partial charge in [0, 0.05) is 31.4 Å². The van der Waals surface area contributed by atoms with Crippen molar-refractivity contribution in [3.05, 3.63) is 54.1 Å². The van der Waals surface area contributed by atoms with Crippen LogP contribution < -0.4 is 5.73 Å². The minimum atomic E-state index is 0.135. The van der Waals surface area contributed by atoms with Gasteiger partial charge in [-0.05, 0) is 25.3 Å². The van der Waals surface area contributed by atoms with Crippen molar-refractivity contribution in [2.24, 2.45) is 5.73 Å². The van der Waals surface area contributed by atoms with Gasteiger partial charge in [0.25, 0.3) is 0 Å². The lowest BCUT2D eigenvalue weighted by atomic mass is 10.0. The van der Waals surface area contributed by atoms with Gasteiger partial charge in [0.1, 0.15) is 5.82 Å². The third-order valence-electron chi connectivity index (χ3n) is 3.29. The highest BCUT2D eigenvalue weighted by Gasteiger charge is 2.06. The van der Waals surface area contributed by atoms with Crippen molar-refractivity contribution in [2.75, 3.05) is 0 Å². The van der Waals surface area contributed by atoms with E-state index in [-0.39, 0.29) is 6.04 Å². The molecule has 0 aliphatic heterocycles. The first-order valence-corrected chi connectivity index (χ1v) is 6.61. The van der Waals surface area contributed by atoms with Gasteiger partial charge in [-0.15, -0.1) is 0 Å². The third-order valence-corrected chi connectivity index (χ3v) is 3.29. The number of hydrogen-bond donors (Lipinski definition) is 1. The summed E-state index contributed by atoms with van der Waals surface area (Å²) in [6.07, 6.45) is 6.98. The van der Waals surface area contributed by atoms with E-state index < -0.39 is 0 Å². The van der Waals surface area contributed by atoms with Crippen molar-refractivity contribution >= 4 is 0 Å². The Labute approximate surface area is 109 Å². The fourth-order valence-electron chi connectivity index (χ4n) is 2.20. The lowest BCUT2D eigenvalue weighted by Crippen LogP contribution is -2.11. The third kappa shape index (κ3) is 3.20. The Morgan fingerprint density at radius 2 is 2.06 bits per heavy atom. The summed E-state index contributed by atoms with van der Waals surface area (Å²) >= 11 is 0. The molecular weight excluding hydrogens is 222 g/mol. The molecule has 3 nitrogen and oxygen atoms in total. The molecule has 1 aromatic heterocycles. The first-order chi connectivity index (χ1) is 8.81. The smallest absolute Gasteiger partial charge is 0.108 e. The summed E-state index contributed by atoms with van der Waals surface area (Å²) in [5.74, 6) is 1.16. The van der Waals surface area contributed by atoms with Crippen molar-refractivity contribution in [3.8, 4) is 0 Å². The maximum Gasteiger partial charge on any atom is 0.108 e. The molecule has 2 rings (SSSR count). The summed E-state index contributed by atoms with van der Waals surface area (Å²) in [5.41, 5.74) is 7.40. The van der Waals surface area contributed by atoms with E-state index in [9.17, 15) is 0 Å². The molecule has 0 bridgehead atoms. The molecule has 0 fully saturated rings. The van der Waals surface area contributed by atoms with E-state index in [1.54, 1.807) is 0 Å². The largest absolute Gasteiger partial charge is 0.335 e. The number of hydrogen-bond acceptors (Lipinski definition) is 2. The summed E-state index contributed by atoms with van der Waals surface area (Å²) in [4.78, 5) is 4.38. The molecule has 0 saturated heterocycles. The lowest BCUT2D eigenvalue weighted by Gasteiger charge is -2.11. The molecule has 0 aliphatic rings. The highest BCUT2D eigenvalue weighted by molar-refractivity contribution is 5.18. The number of aromatic nitrogens is 2. The molecule has 2 N–H and O–H groups in total. The monoisotopic (exact) mass is 243 g/mol. The van der Waals surface area contributed by atoms with E-state index >= 15 is 0 Å². The second kappa shape index (κ2) is 6.36. The molecule has 2 aromatic rings. The molecule has 0 amide bonds. The average Bonchev–Trinajstić information content (AvgIpc) is 2.87. The number of aryl methyl sites for hydroxylation is 2. The van der Waals surface area contributed by atoms with Crippen molar-refractivity contribution in [1.29, 1.82) is 0 Å². The Hall–Kier alpha value is -1.61. The topological polar surface area (TPSA) is 43.8 Å². The first kappa shape index (κ1) is 12.8. The van der Waals surface area contributed by atoms with Crippen molar-refractivity contribution in [2.45, 2.75) is 38.8 Å².